The topological polar surface area (TPSA) is 24.5 Å². The minimum atomic E-state index is 0.760. The third-order valence-electron chi connectivity index (χ3n) is 4.40. The molecular formula is C13H26N2O. The maximum atomic E-state index is 5.35. The van der Waals surface area contributed by atoms with E-state index in [2.05, 4.69) is 24.1 Å². The van der Waals surface area contributed by atoms with Gasteiger partial charge in [0.2, 0.25) is 0 Å². The van der Waals surface area contributed by atoms with Gasteiger partial charge < -0.3 is 10.1 Å². The largest absolute Gasteiger partial charge is 0.379 e. The monoisotopic (exact) mass is 226 g/mol. The minimum Gasteiger partial charge on any atom is -0.379 e. The molecule has 2 rings (SSSR count). The lowest BCUT2D eigenvalue weighted by Gasteiger charge is -2.28. The van der Waals surface area contributed by atoms with Crippen LogP contribution >= 0.6 is 0 Å². The van der Waals surface area contributed by atoms with Crippen molar-refractivity contribution in [3.8, 4) is 0 Å². The van der Waals surface area contributed by atoms with Gasteiger partial charge in [0.15, 0.2) is 0 Å². The number of morpholine rings is 1. The van der Waals surface area contributed by atoms with E-state index in [1.807, 2.05) is 0 Å². The molecule has 1 heterocycles. The summed E-state index contributed by atoms with van der Waals surface area (Å²) in [4.78, 5) is 2.50. The fourth-order valence-corrected chi connectivity index (χ4v) is 2.89. The van der Waals surface area contributed by atoms with Gasteiger partial charge in [-0.15, -0.1) is 0 Å². The Balaban J connectivity index is 1.60. The molecule has 0 aromatic heterocycles. The van der Waals surface area contributed by atoms with Crippen LogP contribution in [0.15, 0.2) is 0 Å². The molecule has 16 heavy (non-hydrogen) atoms. The van der Waals surface area contributed by atoms with Gasteiger partial charge in [-0.05, 0) is 24.7 Å². The lowest BCUT2D eigenvalue weighted by Crippen LogP contribution is -2.43. The highest BCUT2D eigenvalue weighted by molar-refractivity contribution is 4.84. The van der Waals surface area contributed by atoms with Gasteiger partial charge in [0, 0.05) is 32.2 Å². The Bertz CT molecular complexity index is 204. The van der Waals surface area contributed by atoms with E-state index >= 15 is 0 Å². The standard InChI is InChI=1S/C13H26N2O/c1-11-3-4-13(12(11)2)14-5-6-15-7-9-16-10-8-15/h11-14H,3-10H2,1-2H3. The molecule has 0 bridgehead atoms. The fraction of sp³-hybridized carbons (Fsp3) is 1.00. The first kappa shape index (κ1) is 12.3. The third kappa shape index (κ3) is 3.19. The van der Waals surface area contributed by atoms with Crippen molar-refractivity contribution in [3.63, 3.8) is 0 Å². The molecular weight excluding hydrogens is 200 g/mol. The Hall–Kier alpha value is -0.120. The smallest absolute Gasteiger partial charge is 0.0594 e. The molecule has 2 fully saturated rings. The van der Waals surface area contributed by atoms with Gasteiger partial charge >= 0.3 is 0 Å². The molecule has 3 atom stereocenters. The van der Waals surface area contributed by atoms with Crippen molar-refractivity contribution >= 4 is 0 Å². The predicted octanol–water partition coefficient (Wildman–Crippen LogP) is 1.34. The first-order valence-electron chi connectivity index (χ1n) is 6.81. The Labute approximate surface area is 99.5 Å². The SMILES string of the molecule is CC1CCC(NCCN2CCOCC2)C1C. The Morgan fingerprint density at radius 2 is 1.94 bits per heavy atom. The molecule has 1 aliphatic carbocycles. The number of ether oxygens (including phenoxy) is 1. The van der Waals surface area contributed by atoms with Crippen LogP contribution in [0.3, 0.4) is 0 Å². The van der Waals surface area contributed by atoms with E-state index in [4.69, 9.17) is 4.74 Å². The Morgan fingerprint density at radius 3 is 2.56 bits per heavy atom. The van der Waals surface area contributed by atoms with Gasteiger partial charge in [-0.1, -0.05) is 13.8 Å². The van der Waals surface area contributed by atoms with Crippen molar-refractivity contribution in [1.82, 2.24) is 10.2 Å². The predicted molar refractivity (Wildman–Crippen MR) is 66.6 cm³/mol. The van der Waals surface area contributed by atoms with Crippen LogP contribution in [-0.2, 0) is 4.74 Å². The normalized spacial score (nSPS) is 36.8. The van der Waals surface area contributed by atoms with Crippen molar-refractivity contribution in [2.45, 2.75) is 32.7 Å². The summed E-state index contributed by atoms with van der Waals surface area (Å²) >= 11 is 0. The second-order valence-electron chi connectivity index (χ2n) is 5.43. The Kier molecular flexibility index (Phi) is 4.62. The van der Waals surface area contributed by atoms with Gasteiger partial charge in [0.05, 0.1) is 13.2 Å². The van der Waals surface area contributed by atoms with Crippen LogP contribution in [0.5, 0.6) is 0 Å². The maximum absolute atomic E-state index is 5.35. The average Bonchev–Trinajstić information content (AvgIpc) is 2.62. The van der Waals surface area contributed by atoms with Crippen molar-refractivity contribution in [2.75, 3.05) is 39.4 Å². The lowest BCUT2D eigenvalue weighted by molar-refractivity contribution is 0.0380. The summed E-state index contributed by atoms with van der Waals surface area (Å²) in [7, 11) is 0. The van der Waals surface area contributed by atoms with Gasteiger partial charge in [-0.25, -0.2) is 0 Å². The zero-order valence-corrected chi connectivity index (χ0v) is 10.7. The molecule has 3 heteroatoms. The quantitative estimate of drug-likeness (QED) is 0.783. The van der Waals surface area contributed by atoms with Crippen LogP contribution in [0, 0.1) is 11.8 Å². The van der Waals surface area contributed by atoms with E-state index in [9.17, 15) is 0 Å². The molecule has 94 valence electrons. The number of hydrogen-bond acceptors (Lipinski definition) is 3. The van der Waals surface area contributed by atoms with Gasteiger partial charge in [0.25, 0.3) is 0 Å². The van der Waals surface area contributed by atoms with Gasteiger partial charge in [-0.3, -0.25) is 4.90 Å². The first-order valence-corrected chi connectivity index (χ1v) is 6.81. The summed E-state index contributed by atoms with van der Waals surface area (Å²) in [6.45, 7) is 11.1. The summed E-state index contributed by atoms with van der Waals surface area (Å²) in [5.74, 6) is 1.76. The Morgan fingerprint density at radius 1 is 1.19 bits per heavy atom. The second-order valence-corrected chi connectivity index (χ2v) is 5.43. The van der Waals surface area contributed by atoms with E-state index in [0.717, 1.165) is 50.7 Å². The number of rotatable bonds is 4. The molecule has 2 aliphatic rings. The molecule has 0 aromatic carbocycles. The van der Waals surface area contributed by atoms with Crippen molar-refractivity contribution < 1.29 is 4.74 Å². The van der Waals surface area contributed by atoms with Crippen LogP contribution < -0.4 is 5.32 Å². The molecule has 0 spiro atoms. The van der Waals surface area contributed by atoms with Gasteiger partial charge in [0.1, 0.15) is 0 Å². The highest BCUT2D eigenvalue weighted by atomic mass is 16.5. The zero-order valence-electron chi connectivity index (χ0n) is 10.7. The minimum absolute atomic E-state index is 0.760. The van der Waals surface area contributed by atoms with Crippen LogP contribution in [0.25, 0.3) is 0 Å². The van der Waals surface area contributed by atoms with E-state index in [-0.39, 0.29) is 0 Å². The number of nitrogens with one attached hydrogen (secondary N) is 1. The molecule has 0 amide bonds. The van der Waals surface area contributed by atoms with Crippen LogP contribution in [-0.4, -0.2) is 50.3 Å². The number of hydrogen-bond donors (Lipinski definition) is 1. The van der Waals surface area contributed by atoms with Crippen LogP contribution in [0.1, 0.15) is 26.7 Å². The number of nitrogens with zero attached hydrogens (tertiary/aromatic N) is 1. The molecule has 3 nitrogen and oxygen atoms in total. The van der Waals surface area contributed by atoms with Crippen molar-refractivity contribution in [3.05, 3.63) is 0 Å². The molecule has 3 unspecified atom stereocenters. The highest BCUT2D eigenvalue weighted by Gasteiger charge is 2.28. The summed E-state index contributed by atoms with van der Waals surface area (Å²) in [5.41, 5.74) is 0. The van der Waals surface area contributed by atoms with Crippen molar-refractivity contribution in [1.29, 1.82) is 0 Å². The zero-order chi connectivity index (χ0) is 11.4. The van der Waals surface area contributed by atoms with E-state index in [1.54, 1.807) is 0 Å². The summed E-state index contributed by atoms with van der Waals surface area (Å²) in [5, 5.41) is 3.73. The molecule has 1 saturated carbocycles. The van der Waals surface area contributed by atoms with Gasteiger partial charge in [-0.2, -0.15) is 0 Å². The maximum Gasteiger partial charge on any atom is 0.0594 e. The van der Waals surface area contributed by atoms with Crippen LogP contribution in [0.2, 0.25) is 0 Å². The summed E-state index contributed by atoms with van der Waals surface area (Å²) in [6.07, 6.45) is 2.77. The third-order valence-corrected chi connectivity index (χ3v) is 4.40. The average molecular weight is 226 g/mol. The van der Waals surface area contributed by atoms with Crippen molar-refractivity contribution in [2.24, 2.45) is 11.8 Å². The molecule has 0 radical (unpaired) electrons. The summed E-state index contributed by atoms with van der Waals surface area (Å²) < 4.78 is 5.35. The molecule has 1 N–H and O–H groups in total. The van der Waals surface area contributed by atoms with Crippen LogP contribution in [0.4, 0.5) is 0 Å². The van der Waals surface area contributed by atoms with E-state index in [1.165, 1.54) is 19.4 Å². The van der Waals surface area contributed by atoms with E-state index in [0.29, 0.717) is 0 Å². The lowest BCUT2D eigenvalue weighted by atomic mass is 9.98. The highest BCUT2D eigenvalue weighted by Crippen LogP contribution is 2.30. The first-order chi connectivity index (χ1) is 7.77. The van der Waals surface area contributed by atoms with E-state index < -0.39 is 0 Å². The summed E-state index contributed by atoms with van der Waals surface area (Å²) in [6, 6.07) is 0.760. The molecule has 1 saturated heterocycles. The molecule has 0 aromatic rings. The second kappa shape index (κ2) is 5.99. The molecule has 1 aliphatic heterocycles. The fourth-order valence-electron chi connectivity index (χ4n) is 2.89.